The van der Waals surface area contributed by atoms with E-state index in [4.69, 9.17) is 4.98 Å². The molecule has 0 radical (unpaired) electrons. The van der Waals surface area contributed by atoms with E-state index in [2.05, 4.69) is 22.1 Å². The molecule has 3 heterocycles. The molecule has 0 aliphatic carbocycles. The molecule has 4 rings (SSSR count). The first-order valence-electron chi connectivity index (χ1n) is 7.47. The fraction of sp³-hybridized carbons (Fsp3) is 0. The van der Waals surface area contributed by atoms with E-state index in [9.17, 15) is 0 Å². The Hall–Kier alpha value is -3.20. The van der Waals surface area contributed by atoms with Gasteiger partial charge in [0.1, 0.15) is 0 Å². The number of benzene rings is 1. The van der Waals surface area contributed by atoms with Gasteiger partial charge in [-0.2, -0.15) is 0 Å². The number of hydrogen-bond donors (Lipinski definition) is 0. The highest BCUT2D eigenvalue weighted by Crippen LogP contribution is 2.05. The van der Waals surface area contributed by atoms with E-state index in [1.807, 2.05) is 60.7 Å². The summed E-state index contributed by atoms with van der Waals surface area (Å²) < 4.78 is 0. The quantitative estimate of drug-likeness (QED) is 0.569. The summed E-state index contributed by atoms with van der Waals surface area (Å²) in [6.07, 6.45) is 7.60. The summed E-state index contributed by atoms with van der Waals surface area (Å²) in [5.41, 5.74) is 1.81. The second kappa shape index (κ2) is 5.89. The van der Waals surface area contributed by atoms with Crippen LogP contribution in [-0.2, 0) is 0 Å². The standard InChI is InChI=1S/C20H14N3/c1-2-10-18-17(9-1)19(13-15-7-3-5-11-21-15)23-20(18)14-16-8-4-6-12-22-16/h1-14H/q-1/b19-13-,20-14-. The number of fused-ring (bicyclic) bond motifs is 1. The zero-order valence-corrected chi connectivity index (χ0v) is 12.4. The van der Waals surface area contributed by atoms with Crippen LogP contribution >= 0.6 is 0 Å². The van der Waals surface area contributed by atoms with Gasteiger partial charge in [0.2, 0.25) is 0 Å². The van der Waals surface area contributed by atoms with Crippen LogP contribution in [0, 0.1) is 0 Å². The van der Waals surface area contributed by atoms with Crippen molar-refractivity contribution in [2.45, 2.75) is 0 Å². The molecule has 0 unspecified atom stereocenters. The number of pyridine rings is 2. The Morgan fingerprint density at radius 1 is 0.609 bits per heavy atom. The van der Waals surface area contributed by atoms with Gasteiger partial charge in [-0.05, 0) is 35.0 Å². The van der Waals surface area contributed by atoms with Gasteiger partial charge < -0.3 is 4.98 Å². The maximum Gasteiger partial charge on any atom is 0.0617 e. The van der Waals surface area contributed by atoms with E-state index in [1.54, 1.807) is 12.4 Å². The average Bonchev–Trinajstić information content (AvgIpc) is 2.95. The van der Waals surface area contributed by atoms with Gasteiger partial charge in [-0.1, -0.05) is 48.6 Å². The lowest BCUT2D eigenvalue weighted by Crippen LogP contribution is -2.14. The maximum atomic E-state index is 4.79. The molecular formula is C20H14N3-. The largest absolute Gasteiger partial charge is 0.657 e. The normalized spacial score (nSPS) is 12.9. The van der Waals surface area contributed by atoms with Gasteiger partial charge in [0, 0.05) is 12.4 Å². The van der Waals surface area contributed by atoms with Crippen molar-refractivity contribution in [1.29, 1.82) is 0 Å². The van der Waals surface area contributed by atoms with E-state index < -0.39 is 0 Å². The Balaban J connectivity index is 1.98. The van der Waals surface area contributed by atoms with Gasteiger partial charge >= 0.3 is 0 Å². The van der Waals surface area contributed by atoms with Crippen molar-refractivity contribution in [3.8, 4) is 0 Å². The van der Waals surface area contributed by atoms with Crippen LogP contribution in [0.15, 0.2) is 73.1 Å². The molecule has 0 saturated carbocycles. The van der Waals surface area contributed by atoms with Crippen molar-refractivity contribution >= 4 is 22.9 Å². The minimum atomic E-state index is 0.903. The Bertz CT molecular complexity index is 963. The number of hydrogen-bond acceptors (Lipinski definition) is 2. The molecular weight excluding hydrogens is 282 g/mol. The molecule has 0 spiro atoms. The molecule has 110 valence electrons. The molecule has 0 N–H and O–H groups in total. The predicted octanol–water partition coefficient (Wildman–Crippen LogP) is 2.24. The van der Waals surface area contributed by atoms with E-state index in [-0.39, 0.29) is 0 Å². The summed E-state index contributed by atoms with van der Waals surface area (Å²) in [5, 5.41) is 4.11. The Kier molecular flexibility index (Phi) is 3.45. The molecule has 0 fully saturated rings. The third-order valence-electron chi connectivity index (χ3n) is 3.66. The highest BCUT2D eigenvalue weighted by Gasteiger charge is 1.93. The van der Waals surface area contributed by atoms with Crippen LogP contribution in [0.1, 0.15) is 11.4 Å². The summed E-state index contributed by atoms with van der Waals surface area (Å²) in [4.78, 5) is 13.5. The van der Waals surface area contributed by atoms with E-state index >= 15 is 0 Å². The van der Waals surface area contributed by atoms with Crippen LogP contribution < -0.4 is 15.7 Å². The summed E-state index contributed by atoms with van der Waals surface area (Å²) in [6.45, 7) is 0. The van der Waals surface area contributed by atoms with Gasteiger partial charge in [-0.15, -0.1) is 10.7 Å². The number of rotatable bonds is 2. The molecule has 0 atom stereocenters. The molecule has 23 heavy (non-hydrogen) atoms. The zero-order chi connectivity index (χ0) is 15.5. The lowest BCUT2D eigenvalue weighted by Gasteiger charge is -1.97. The predicted molar refractivity (Wildman–Crippen MR) is 92.1 cm³/mol. The SMILES string of the molecule is C(/c1ccccn1)=c1/[n-]/c(=C\c2ccccn2)c2ccccc12. The summed E-state index contributed by atoms with van der Waals surface area (Å²) in [5.74, 6) is 0. The average molecular weight is 296 g/mol. The van der Waals surface area contributed by atoms with Crippen LogP contribution in [0.3, 0.4) is 0 Å². The van der Waals surface area contributed by atoms with Crippen molar-refractivity contribution in [3.63, 3.8) is 0 Å². The van der Waals surface area contributed by atoms with Gasteiger partial charge in [0.25, 0.3) is 0 Å². The Labute approximate surface area is 133 Å². The van der Waals surface area contributed by atoms with Crippen molar-refractivity contribution < 1.29 is 0 Å². The lowest BCUT2D eigenvalue weighted by molar-refractivity contribution is 1.21. The Morgan fingerprint density at radius 3 is 1.52 bits per heavy atom. The minimum absolute atomic E-state index is 0.903. The van der Waals surface area contributed by atoms with Crippen LogP contribution in [0.2, 0.25) is 0 Å². The first kappa shape index (κ1) is 13.5. The molecule has 0 amide bonds. The molecule has 4 aromatic rings. The van der Waals surface area contributed by atoms with E-state index in [1.165, 1.54) is 0 Å². The first-order chi connectivity index (χ1) is 11.4. The molecule has 0 saturated heterocycles. The monoisotopic (exact) mass is 296 g/mol. The molecule has 0 aliphatic heterocycles. The van der Waals surface area contributed by atoms with Crippen molar-refractivity contribution in [1.82, 2.24) is 15.0 Å². The second-order valence-electron chi connectivity index (χ2n) is 5.23. The van der Waals surface area contributed by atoms with Gasteiger partial charge in [-0.3, -0.25) is 9.97 Å². The van der Waals surface area contributed by atoms with Crippen LogP contribution in [0.4, 0.5) is 0 Å². The van der Waals surface area contributed by atoms with E-state index in [0.717, 1.165) is 32.9 Å². The summed E-state index contributed by atoms with van der Waals surface area (Å²) in [7, 11) is 0. The summed E-state index contributed by atoms with van der Waals surface area (Å²) >= 11 is 0. The fourth-order valence-electron chi connectivity index (χ4n) is 2.60. The van der Waals surface area contributed by atoms with Crippen molar-refractivity contribution in [2.24, 2.45) is 0 Å². The molecule has 0 bridgehead atoms. The molecule has 1 aromatic carbocycles. The molecule has 3 aromatic heterocycles. The van der Waals surface area contributed by atoms with Gasteiger partial charge in [0.15, 0.2) is 0 Å². The number of aromatic nitrogens is 3. The van der Waals surface area contributed by atoms with Crippen LogP contribution in [0.25, 0.3) is 22.9 Å². The third kappa shape index (κ3) is 2.77. The fourth-order valence-corrected chi connectivity index (χ4v) is 2.60. The maximum absolute atomic E-state index is 4.79. The van der Waals surface area contributed by atoms with E-state index in [0.29, 0.717) is 0 Å². The van der Waals surface area contributed by atoms with Gasteiger partial charge in [0.05, 0.1) is 11.4 Å². The third-order valence-corrected chi connectivity index (χ3v) is 3.66. The zero-order valence-electron chi connectivity index (χ0n) is 12.4. The van der Waals surface area contributed by atoms with Crippen molar-refractivity contribution in [3.05, 3.63) is 95.1 Å². The summed E-state index contributed by atoms with van der Waals surface area (Å²) in [6, 6.07) is 20.0. The second-order valence-corrected chi connectivity index (χ2v) is 5.23. The lowest BCUT2D eigenvalue weighted by atomic mass is 10.2. The van der Waals surface area contributed by atoms with Crippen molar-refractivity contribution in [2.75, 3.05) is 0 Å². The minimum Gasteiger partial charge on any atom is -0.657 e. The highest BCUT2D eigenvalue weighted by atomic mass is 14.7. The van der Waals surface area contributed by atoms with Crippen LogP contribution in [0.5, 0.6) is 0 Å². The number of nitrogens with zero attached hydrogens (tertiary/aromatic N) is 3. The van der Waals surface area contributed by atoms with Crippen LogP contribution in [-0.4, -0.2) is 9.97 Å². The Morgan fingerprint density at radius 2 is 1.09 bits per heavy atom. The first-order valence-corrected chi connectivity index (χ1v) is 7.47. The molecule has 0 aliphatic rings. The van der Waals surface area contributed by atoms with Gasteiger partial charge in [-0.25, -0.2) is 0 Å². The molecule has 3 heteroatoms. The smallest absolute Gasteiger partial charge is 0.0617 e. The highest BCUT2D eigenvalue weighted by molar-refractivity contribution is 5.85. The molecule has 3 nitrogen and oxygen atoms in total. The topological polar surface area (TPSA) is 39.9 Å².